The van der Waals surface area contributed by atoms with Gasteiger partial charge in [-0.25, -0.2) is 0 Å². The summed E-state index contributed by atoms with van der Waals surface area (Å²) in [5, 5.41) is 15.4. The first-order valence-corrected chi connectivity index (χ1v) is 21.3. The maximum Gasteiger partial charge on any atom is 0.220 e. The summed E-state index contributed by atoms with van der Waals surface area (Å²) >= 11 is 7.11. The lowest BCUT2D eigenvalue weighted by Gasteiger charge is -2.38. The van der Waals surface area contributed by atoms with Crippen LogP contribution in [0.1, 0.15) is 59.4 Å². The zero-order valence-electron chi connectivity index (χ0n) is 34.7. The van der Waals surface area contributed by atoms with E-state index < -0.39 is 24.4 Å². The molecule has 0 bridgehead atoms. The van der Waals surface area contributed by atoms with Gasteiger partial charge >= 0.3 is 0 Å². The summed E-state index contributed by atoms with van der Waals surface area (Å²) in [6.07, 6.45) is -0.912. The molecular formula is C48H48O10S2. The molecule has 0 aliphatic carbocycles. The Bertz CT molecular complexity index is 2550. The summed E-state index contributed by atoms with van der Waals surface area (Å²) < 4.78 is 58.0. The molecule has 0 amide bonds. The lowest BCUT2D eigenvalue weighted by Crippen LogP contribution is -2.30. The zero-order chi connectivity index (χ0) is 42.1. The molecule has 2 aliphatic rings. The van der Waals surface area contributed by atoms with Gasteiger partial charge in [0.1, 0.15) is 53.8 Å². The number of fused-ring (bicyclic) bond motifs is 4. The molecule has 4 atom stereocenters. The number of methoxy groups -OCH3 is 4. The standard InChI is InChI=1S/C48H48O10S2/c1-26-44(49)42-34(24-54-26)46(56-22-28-14-10-8-11-15-28)38-32(18-30(50-3)20-36(38)52-5)40(42)41-33-19-31(51-4)21-37(53-6)39(33)47(57-23-29-16-12-9-13-17-29)35-25-55-27(2)45(43(35)41)58-48(59)60-7/h8-21,26-27,44-45,49H,22-25H2,1-7H3/t26-,27-,44+,45+/m0/s1. The molecule has 2 heterocycles. The zero-order valence-corrected chi connectivity index (χ0v) is 36.3. The third-order valence-electron chi connectivity index (χ3n) is 11.3. The fraction of sp³-hybridized carbons (Fsp3) is 0.312. The highest BCUT2D eigenvalue weighted by molar-refractivity contribution is 8.22. The van der Waals surface area contributed by atoms with Crippen LogP contribution in [0.15, 0.2) is 84.9 Å². The predicted molar refractivity (Wildman–Crippen MR) is 238 cm³/mol. The van der Waals surface area contributed by atoms with Gasteiger partial charge in [-0.05, 0) is 66.7 Å². The lowest BCUT2D eigenvalue weighted by molar-refractivity contribution is -0.0530. The Kier molecular flexibility index (Phi) is 12.3. The van der Waals surface area contributed by atoms with Crippen LogP contribution in [-0.4, -0.2) is 56.4 Å². The average Bonchev–Trinajstić information content (AvgIpc) is 3.28. The maximum absolute atomic E-state index is 12.5. The number of aliphatic hydroxyl groups is 1. The summed E-state index contributed by atoms with van der Waals surface area (Å²) in [6.45, 7) is 4.74. The Morgan fingerprint density at radius 2 is 1.13 bits per heavy atom. The molecule has 60 heavy (non-hydrogen) atoms. The quantitative estimate of drug-likeness (QED) is 0.119. The van der Waals surface area contributed by atoms with Gasteiger partial charge in [0, 0.05) is 45.2 Å². The van der Waals surface area contributed by atoms with Gasteiger partial charge in [-0.3, -0.25) is 0 Å². The number of benzene rings is 6. The van der Waals surface area contributed by atoms with Crippen LogP contribution in [0.2, 0.25) is 0 Å². The molecule has 1 N–H and O–H groups in total. The van der Waals surface area contributed by atoms with Crippen molar-refractivity contribution in [3.8, 4) is 45.6 Å². The normalized spacial score (nSPS) is 18.3. The minimum Gasteiger partial charge on any atom is -0.497 e. The van der Waals surface area contributed by atoms with Crippen molar-refractivity contribution in [2.24, 2.45) is 0 Å². The molecular weight excluding hydrogens is 801 g/mol. The van der Waals surface area contributed by atoms with Crippen molar-refractivity contribution in [2.45, 2.75) is 64.7 Å². The molecule has 12 heteroatoms. The van der Waals surface area contributed by atoms with Crippen molar-refractivity contribution in [3.63, 3.8) is 0 Å². The third kappa shape index (κ3) is 7.56. The molecule has 0 fully saturated rings. The second-order valence-electron chi connectivity index (χ2n) is 14.7. The van der Waals surface area contributed by atoms with Crippen molar-refractivity contribution >= 4 is 49.9 Å². The summed E-state index contributed by atoms with van der Waals surface area (Å²) in [5.41, 5.74) is 6.34. The van der Waals surface area contributed by atoms with Crippen molar-refractivity contribution in [1.82, 2.24) is 0 Å². The van der Waals surface area contributed by atoms with Gasteiger partial charge in [-0.2, -0.15) is 0 Å². The fourth-order valence-corrected chi connectivity index (χ4v) is 8.67. The molecule has 0 spiro atoms. The highest BCUT2D eigenvalue weighted by Gasteiger charge is 2.41. The molecule has 0 saturated heterocycles. The van der Waals surface area contributed by atoms with E-state index in [-0.39, 0.29) is 26.4 Å². The smallest absolute Gasteiger partial charge is 0.220 e. The Balaban J connectivity index is 1.57. The van der Waals surface area contributed by atoms with Crippen LogP contribution in [-0.2, 0) is 40.6 Å². The number of ether oxygens (including phenoxy) is 9. The van der Waals surface area contributed by atoms with E-state index in [4.69, 9.17) is 54.8 Å². The van der Waals surface area contributed by atoms with Crippen LogP contribution in [0.5, 0.6) is 34.5 Å². The van der Waals surface area contributed by atoms with Gasteiger partial charge in [0.2, 0.25) is 4.38 Å². The monoisotopic (exact) mass is 848 g/mol. The largest absolute Gasteiger partial charge is 0.497 e. The second-order valence-corrected chi connectivity index (χ2v) is 16.1. The highest BCUT2D eigenvalue weighted by atomic mass is 32.2. The molecule has 6 aromatic carbocycles. The van der Waals surface area contributed by atoms with Crippen molar-refractivity contribution in [1.29, 1.82) is 0 Å². The molecule has 10 nitrogen and oxygen atoms in total. The van der Waals surface area contributed by atoms with Crippen LogP contribution >= 0.6 is 24.0 Å². The number of thioether (sulfide) groups is 1. The van der Waals surface area contributed by atoms with E-state index in [2.05, 4.69) is 0 Å². The predicted octanol–water partition coefficient (Wildman–Crippen LogP) is 10.4. The van der Waals surface area contributed by atoms with E-state index in [0.717, 1.165) is 44.2 Å². The molecule has 0 saturated carbocycles. The fourth-order valence-electron chi connectivity index (χ4n) is 8.37. The van der Waals surface area contributed by atoms with E-state index in [1.165, 1.54) is 11.8 Å². The van der Waals surface area contributed by atoms with E-state index in [1.54, 1.807) is 28.4 Å². The minimum absolute atomic E-state index is 0.164. The van der Waals surface area contributed by atoms with Crippen molar-refractivity contribution in [3.05, 3.63) is 118 Å². The topological polar surface area (TPSA) is 103 Å². The van der Waals surface area contributed by atoms with Gasteiger partial charge in [0.15, 0.2) is 6.10 Å². The van der Waals surface area contributed by atoms with Crippen molar-refractivity contribution in [2.75, 3.05) is 34.7 Å². The van der Waals surface area contributed by atoms with E-state index in [9.17, 15) is 5.11 Å². The number of thiocarbonyl (C=S) groups is 1. The van der Waals surface area contributed by atoms with Crippen LogP contribution in [0.4, 0.5) is 0 Å². The summed E-state index contributed by atoms with van der Waals surface area (Å²) in [4.78, 5) is 0. The first kappa shape index (κ1) is 41.5. The van der Waals surface area contributed by atoms with Gasteiger partial charge in [-0.1, -0.05) is 72.4 Å². The Morgan fingerprint density at radius 1 is 0.667 bits per heavy atom. The lowest BCUT2D eigenvalue weighted by atomic mass is 9.77. The molecule has 0 aromatic heterocycles. The molecule has 2 aliphatic heterocycles. The van der Waals surface area contributed by atoms with E-state index in [1.807, 2.05) is 105 Å². The number of rotatable bonds is 12. The van der Waals surface area contributed by atoms with Crippen molar-refractivity contribution < 1.29 is 47.7 Å². The highest BCUT2D eigenvalue weighted by Crippen LogP contribution is 2.58. The molecule has 0 unspecified atom stereocenters. The Hall–Kier alpha value is -5.24. The Morgan fingerprint density at radius 3 is 1.60 bits per heavy atom. The van der Waals surface area contributed by atoms with Gasteiger partial charge in [0.25, 0.3) is 0 Å². The van der Waals surface area contributed by atoms with E-state index in [0.29, 0.717) is 60.8 Å². The third-order valence-corrected chi connectivity index (χ3v) is 12.3. The summed E-state index contributed by atoms with van der Waals surface area (Å²) in [5.74, 6) is 3.28. The molecule has 6 aromatic rings. The maximum atomic E-state index is 12.5. The van der Waals surface area contributed by atoms with Crippen LogP contribution < -0.4 is 28.4 Å². The molecule has 0 radical (unpaired) electrons. The van der Waals surface area contributed by atoms with Crippen LogP contribution in [0.25, 0.3) is 32.7 Å². The second kappa shape index (κ2) is 17.8. The summed E-state index contributed by atoms with van der Waals surface area (Å²) in [7, 11) is 6.50. The first-order chi connectivity index (χ1) is 29.2. The number of hydrogen-bond donors (Lipinski definition) is 1. The van der Waals surface area contributed by atoms with Gasteiger partial charge < -0.3 is 47.7 Å². The number of aliphatic hydroxyl groups excluding tert-OH is 1. The Labute approximate surface area is 359 Å². The molecule has 8 rings (SSSR count). The summed E-state index contributed by atoms with van der Waals surface area (Å²) in [6, 6.07) is 27.6. The van der Waals surface area contributed by atoms with Gasteiger partial charge in [-0.15, -0.1) is 0 Å². The van der Waals surface area contributed by atoms with Crippen LogP contribution in [0, 0.1) is 0 Å². The number of hydrogen-bond acceptors (Lipinski definition) is 12. The van der Waals surface area contributed by atoms with Gasteiger partial charge in [0.05, 0.1) is 64.6 Å². The van der Waals surface area contributed by atoms with Crippen LogP contribution in [0.3, 0.4) is 0 Å². The first-order valence-electron chi connectivity index (χ1n) is 19.7. The molecule has 312 valence electrons. The van der Waals surface area contributed by atoms with E-state index >= 15 is 0 Å². The minimum atomic E-state index is -1.08. The SMILES string of the molecule is COc1cc(OC)c2c(OCc3ccccc3)c3c(c(-c4c5c(c(OCc6ccccc6)c6c(OC)cc(OC)cc46)CO[C@@H](C)[C@H]5OC(=S)SC)c2c1)[C@H](O)[C@H](C)OC3. The average molecular weight is 849 g/mol.